The van der Waals surface area contributed by atoms with Gasteiger partial charge in [0.2, 0.25) is 0 Å². The van der Waals surface area contributed by atoms with Crippen LogP contribution >= 0.6 is 11.6 Å². The molecule has 5 heteroatoms. The monoisotopic (exact) mass is 385 g/mol. The molecule has 0 aromatic heterocycles. The van der Waals surface area contributed by atoms with Gasteiger partial charge in [-0.05, 0) is 41.7 Å². The minimum Gasteiger partial charge on any atom is -0.469 e. The van der Waals surface area contributed by atoms with Crippen LogP contribution in [0.2, 0.25) is 5.02 Å². The molecule has 1 aliphatic heterocycles. The van der Waals surface area contributed by atoms with E-state index in [-0.39, 0.29) is 22.8 Å². The van der Waals surface area contributed by atoms with E-state index in [2.05, 4.69) is 17.4 Å². The number of fused-ring (bicyclic) bond motifs is 1. The van der Waals surface area contributed by atoms with E-state index in [0.29, 0.717) is 13.1 Å². The van der Waals surface area contributed by atoms with Gasteiger partial charge in [-0.1, -0.05) is 41.9 Å². The molecule has 2 bridgehead atoms. The van der Waals surface area contributed by atoms with Gasteiger partial charge in [-0.3, -0.25) is 4.79 Å². The van der Waals surface area contributed by atoms with E-state index in [1.54, 1.807) is 12.1 Å². The highest BCUT2D eigenvalue weighted by atomic mass is 35.5. The minimum atomic E-state index is -0.614. The van der Waals surface area contributed by atoms with Gasteiger partial charge in [0.05, 0.1) is 17.5 Å². The van der Waals surface area contributed by atoms with Crippen LogP contribution < -0.4 is 5.32 Å². The van der Waals surface area contributed by atoms with E-state index in [1.165, 1.54) is 18.2 Å². The van der Waals surface area contributed by atoms with Crippen LogP contribution in [0, 0.1) is 17.2 Å². The lowest BCUT2D eigenvalue weighted by Gasteiger charge is -2.59. The second kappa shape index (κ2) is 5.79. The molecule has 0 amide bonds. The summed E-state index contributed by atoms with van der Waals surface area (Å²) in [5.74, 6) is -0.425. The first-order valence-electron chi connectivity index (χ1n) is 9.40. The van der Waals surface area contributed by atoms with Crippen LogP contribution in [-0.4, -0.2) is 26.2 Å². The Morgan fingerprint density at radius 2 is 2.11 bits per heavy atom. The fourth-order valence-corrected chi connectivity index (χ4v) is 6.41. The average molecular weight is 386 g/mol. The van der Waals surface area contributed by atoms with Gasteiger partial charge < -0.3 is 10.1 Å². The maximum Gasteiger partial charge on any atom is 0.314 e. The van der Waals surface area contributed by atoms with Gasteiger partial charge in [0, 0.05) is 30.3 Å². The number of rotatable bonds is 2. The Kier molecular flexibility index (Phi) is 3.69. The Balaban J connectivity index is 1.83. The first-order chi connectivity index (χ1) is 13.1. The number of halogens is 2. The average Bonchev–Trinajstić information content (AvgIpc) is 3.17. The quantitative estimate of drug-likeness (QED) is 0.793. The molecule has 3 aliphatic carbocycles. The van der Waals surface area contributed by atoms with Crippen molar-refractivity contribution in [2.75, 3.05) is 20.2 Å². The summed E-state index contributed by atoms with van der Waals surface area (Å²) in [5.41, 5.74) is 2.28. The molecule has 4 unspecified atom stereocenters. The summed E-state index contributed by atoms with van der Waals surface area (Å²) in [7, 11) is 1.47. The Morgan fingerprint density at radius 3 is 2.89 bits per heavy atom. The normalized spacial score (nSPS) is 33.4. The van der Waals surface area contributed by atoms with Crippen molar-refractivity contribution in [2.24, 2.45) is 11.3 Å². The first kappa shape index (κ1) is 17.2. The lowest BCUT2D eigenvalue weighted by atomic mass is 9.42. The number of nitrogens with one attached hydrogen (secondary N) is 1. The third-order valence-corrected chi connectivity index (χ3v) is 7.56. The predicted octanol–water partition coefficient (Wildman–Crippen LogP) is 4.04. The second-order valence-corrected chi connectivity index (χ2v) is 8.40. The summed E-state index contributed by atoms with van der Waals surface area (Å²) >= 11 is 5.97. The van der Waals surface area contributed by atoms with Crippen molar-refractivity contribution in [1.29, 1.82) is 0 Å². The summed E-state index contributed by atoms with van der Waals surface area (Å²) in [6, 6.07) is 13.5. The number of hydrogen-bond donors (Lipinski definition) is 1. The van der Waals surface area contributed by atoms with Gasteiger partial charge in [0.15, 0.2) is 0 Å². The van der Waals surface area contributed by atoms with Crippen LogP contribution in [-0.2, 0) is 14.9 Å². The molecular formula is C22H21ClFNO2. The molecule has 2 aromatic rings. The summed E-state index contributed by atoms with van der Waals surface area (Å²) in [6.07, 6.45) is 1.77. The van der Waals surface area contributed by atoms with Gasteiger partial charge in [0.25, 0.3) is 0 Å². The summed E-state index contributed by atoms with van der Waals surface area (Å²) < 4.78 is 19.8. The lowest BCUT2D eigenvalue weighted by Crippen LogP contribution is -2.60. The van der Waals surface area contributed by atoms with E-state index in [4.69, 9.17) is 16.3 Å². The number of carbonyl (C=O) groups excluding carboxylic acids is 1. The number of benzene rings is 2. The third kappa shape index (κ3) is 1.98. The van der Waals surface area contributed by atoms with E-state index >= 15 is 0 Å². The summed E-state index contributed by atoms with van der Waals surface area (Å²) in [5, 5.41) is 3.58. The fourth-order valence-electron chi connectivity index (χ4n) is 6.30. The van der Waals surface area contributed by atoms with Crippen molar-refractivity contribution in [3.05, 3.63) is 70.0 Å². The highest BCUT2D eigenvalue weighted by molar-refractivity contribution is 6.30. The van der Waals surface area contributed by atoms with Gasteiger partial charge in [0.1, 0.15) is 5.82 Å². The van der Waals surface area contributed by atoms with Crippen molar-refractivity contribution < 1.29 is 13.9 Å². The molecule has 2 aromatic carbocycles. The van der Waals surface area contributed by atoms with Crippen molar-refractivity contribution in [2.45, 2.75) is 24.2 Å². The molecule has 1 heterocycles. The summed E-state index contributed by atoms with van der Waals surface area (Å²) in [6.45, 7) is 1.31. The largest absolute Gasteiger partial charge is 0.469 e. The van der Waals surface area contributed by atoms with E-state index in [9.17, 15) is 9.18 Å². The standard InChI is InChI=1S/C22H21ClFNO2/c1-27-20(26)22-12-25-11-19(22)21(13-6-7-17(23)18(24)10-13)9-8-16(22)14-4-2-3-5-15(14)21/h2-7,10,16,19,25H,8-9,11-12H2,1H3. The van der Waals surface area contributed by atoms with E-state index in [1.807, 2.05) is 18.2 Å². The molecule has 1 N–H and O–H groups in total. The van der Waals surface area contributed by atoms with Crippen LogP contribution in [0.1, 0.15) is 35.4 Å². The molecule has 0 radical (unpaired) electrons. The van der Waals surface area contributed by atoms with Crippen LogP contribution in [0.25, 0.3) is 0 Å². The fraction of sp³-hybridized carbons (Fsp3) is 0.409. The van der Waals surface area contributed by atoms with Crippen molar-refractivity contribution in [3.63, 3.8) is 0 Å². The molecule has 4 aliphatic rings. The van der Waals surface area contributed by atoms with Crippen LogP contribution in [0.4, 0.5) is 4.39 Å². The molecular weight excluding hydrogens is 365 g/mol. The molecule has 1 saturated heterocycles. The van der Waals surface area contributed by atoms with E-state index < -0.39 is 16.6 Å². The Morgan fingerprint density at radius 1 is 1.30 bits per heavy atom. The maximum absolute atomic E-state index is 14.5. The van der Waals surface area contributed by atoms with Gasteiger partial charge in [-0.2, -0.15) is 0 Å². The van der Waals surface area contributed by atoms with Gasteiger partial charge >= 0.3 is 5.97 Å². The molecule has 140 valence electrons. The second-order valence-electron chi connectivity index (χ2n) is 7.99. The predicted molar refractivity (Wildman–Crippen MR) is 101 cm³/mol. The van der Waals surface area contributed by atoms with Crippen LogP contribution in [0.5, 0.6) is 0 Å². The number of esters is 1. The zero-order chi connectivity index (χ0) is 18.8. The molecule has 6 rings (SSSR count). The maximum atomic E-state index is 14.5. The van der Waals surface area contributed by atoms with Crippen molar-refractivity contribution in [1.82, 2.24) is 5.32 Å². The topological polar surface area (TPSA) is 38.3 Å². The van der Waals surface area contributed by atoms with Crippen molar-refractivity contribution in [3.8, 4) is 0 Å². The molecule has 4 atom stereocenters. The van der Waals surface area contributed by atoms with Crippen LogP contribution in [0.3, 0.4) is 0 Å². The SMILES string of the molecule is COC(=O)C12CNCC1C1(c3ccc(Cl)c(F)c3)CCC2c2ccccc21. The molecule has 0 spiro atoms. The van der Waals surface area contributed by atoms with Gasteiger partial charge in [-0.25, -0.2) is 4.39 Å². The summed E-state index contributed by atoms with van der Waals surface area (Å²) in [4.78, 5) is 13.1. The number of ether oxygens (including phenoxy) is 1. The number of carbonyl (C=O) groups is 1. The Hall–Kier alpha value is -1.91. The smallest absolute Gasteiger partial charge is 0.314 e. The van der Waals surface area contributed by atoms with E-state index in [0.717, 1.165) is 18.4 Å². The first-order valence-corrected chi connectivity index (χ1v) is 9.77. The molecule has 3 nitrogen and oxygen atoms in total. The van der Waals surface area contributed by atoms with Gasteiger partial charge in [-0.15, -0.1) is 0 Å². The third-order valence-electron chi connectivity index (χ3n) is 7.25. The Labute approximate surface area is 162 Å². The molecule has 27 heavy (non-hydrogen) atoms. The molecule has 2 fully saturated rings. The molecule has 1 saturated carbocycles. The Bertz CT molecular complexity index is 948. The number of methoxy groups -OCH3 is 1. The zero-order valence-corrected chi connectivity index (χ0v) is 15.9. The minimum absolute atomic E-state index is 0.0201. The number of hydrogen-bond acceptors (Lipinski definition) is 3. The van der Waals surface area contributed by atoms with Crippen LogP contribution in [0.15, 0.2) is 42.5 Å². The lowest BCUT2D eigenvalue weighted by molar-refractivity contribution is -0.161. The zero-order valence-electron chi connectivity index (χ0n) is 15.1. The highest BCUT2D eigenvalue weighted by Crippen LogP contribution is 2.68. The highest BCUT2D eigenvalue weighted by Gasteiger charge is 2.69. The van der Waals surface area contributed by atoms with Crippen molar-refractivity contribution >= 4 is 17.6 Å².